The number of likely N-dealkylation sites (tertiary alicyclic amines) is 1. The summed E-state index contributed by atoms with van der Waals surface area (Å²) >= 11 is 0. The molecule has 1 aromatic rings. The summed E-state index contributed by atoms with van der Waals surface area (Å²) in [7, 11) is 3.31. The largest absolute Gasteiger partial charge is 0.504 e. The molecular weight excluding hydrogens is 370 g/mol. The van der Waals surface area contributed by atoms with Crippen molar-refractivity contribution in [2.75, 3.05) is 27.3 Å². The molecule has 0 amide bonds. The molecule has 6 rings (SSSR count). The number of ether oxygens (including phenoxy) is 3. The van der Waals surface area contributed by atoms with E-state index in [1.807, 2.05) is 6.07 Å². The number of phenols is 1. The van der Waals surface area contributed by atoms with Gasteiger partial charge in [-0.1, -0.05) is 12.5 Å². The number of hydrogen-bond donors (Lipinski definition) is 2. The maximum absolute atomic E-state index is 12.4. The lowest BCUT2D eigenvalue weighted by atomic mass is 9.48. The molecule has 6 heteroatoms. The first-order valence-corrected chi connectivity index (χ1v) is 11.1. The van der Waals surface area contributed by atoms with Gasteiger partial charge in [-0.15, -0.1) is 0 Å². The maximum atomic E-state index is 12.4. The number of hydrogen-bond acceptors (Lipinski definition) is 6. The maximum Gasteiger partial charge on any atom is 0.206 e. The number of piperidine rings is 1. The van der Waals surface area contributed by atoms with Crippen LogP contribution < -0.4 is 4.74 Å². The molecule has 1 unspecified atom stereocenters. The molecular formula is C23H31NO5. The summed E-state index contributed by atoms with van der Waals surface area (Å²) in [5, 5.41) is 23.0. The van der Waals surface area contributed by atoms with Crippen LogP contribution in [0.3, 0.4) is 0 Å². The molecule has 5 aliphatic rings. The van der Waals surface area contributed by atoms with Gasteiger partial charge in [0.25, 0.3) is 0 Å². The van der Waals surface area contributed by atoms with Crippen LogP contribution in [0.5, 0.6) is 11.5 Å². The molecule has 1 saturated heterocycles. The minimum absolute atomic E-state index is 0.0673. The lowest BCUT2D eigenvalue weighted by molar-refractivity contribution is -0.319. The lowest BCUT2D eigenvalue weighted by Gasteiger charge is -2.65. The normalized spacial score (nSPS) is 39.6. The minimum Gasteiger partial charge on any atom is -0.504 e. The van der Waals surface area contributed by atoms with Crippen LogP contribution in [0.25, 0.3) is 0 Å². The van der Waals surface area contributed by atoms with Crippen molar-refractivity contribution in [2.45, 2.75) is 73.9 Å². The highest BCUT2D eigenvalue weighted by Crippen LogP contribution is 2.67. The summed E-state index contributed by atoms with van der Waals surface area (Å²) < 4.78 is 18.3. The summed E-state index contributed by atoms with van der Waals surface area (Å²) in [6, 6.07) is 3.83. The fraction of sp³-hybridized carbons (Fsp3) is 0.739. The van der Waals surface area contributed by atoms with Crippen LogP contribution in [-0.4, -0.2) is 66.0 Å². The van der Waals surface area contributed by atoms with E-state index in [2.05, 4.69) is 4.90 Å². The van der Waals surface area contributed by atoms with Crippen LogP contribution in [0.4, 0.5) is 0 Å². The number of nitrogens with zero attached hydrogens (tertiary/aromatic N) is 1. The molecule has 2 saturated carbocycles. The first-order chi connectivity index (χ1) is 14.0. The minimum atomic E-state index is -0.924. The Morgan fingerprint density at radius 2 is 1.97 bits per heavy atom. The van der Waals surface area contributed by atoms with Crippen molar-refractivity contribution >= 4 is 0 Å². The van der Waals surface area contributed by atoms with Gasteiger partial charge in [0.15, 0.2) is 17.6 Å². The Morgan fingerprint density at radius 1 is 1.17 bits per heavy atom. The van der Waals surface area contributed by atoms with Crippen molar-refractivity contribution in [1.29, 1.82) is 0 Å². The second-order valence-electron chi connectivity index (χ2n) is 9.82. The average Bonchev–Trinajstić information content (AvgIpc) is 3.04. The van der Waals surface area contributed by atoms with Gasteiger partial charge in [0.05, 0.1) is 11.0 Å². The topological polar surface area (TPSA) is 71.4 Å². The van der Waals surface area contributed by atoms with Gasteiger partial charge in [-0.2, -0.15) is 0 Å². The van der Waals surface area contributed by atoms with E-state index in [0.29, 0.717) is 18.6 Å². The van der Waals surface area contributed by atoms with Gasteiger partial charge in [0.2, 0.25) is 5.79 Å². The van der Waals surface area contributed by atoms with Crippen molar-refractivity contribution in [3.8, 4) is 11.5 Å². The number of benzene rings is 1. The molecule has 6 nitrogen and oxygen atoms in total. The number of aromatic hydroxyl groups is 1. The molecule has 3 fully saturated rings. The molecule has 2 bridgehead atoms. The van der Waals surface area contributed by atoms with Gasteiger partial charge in [-0.3, -0.25) is 4.90 Å². The Morgan fingerprint density at radius 3 is 2.66 bits per heavy atom. The van der Waals surface area contributed by atoms with Gasteiger partial charge in [0.1, 0.15) is 0 Å². The zero-order valence-corrected chi connectivity index (χ0v) is 17.3. The summed E-state index contributed by atoms with van der Waals surface area (Å²) in [4.78, 5) is 2.55. The molecule has 0 radical (unpaired) electrons. The van der Waals surface area contributed by atoms with Gasteiger partial charge >= 0.3 is 0 Å². The third-order valence-electron chi connectivity index (χ3n) is 8.99. The summed E-state index contributed by atoms with van der Waals surface area (Å²) in [6.07, 6.45) is 6.25. The van der Waals surface area contributed by atoms with E-state index in [0.717, 1.165) is 37.4 Å². The predicted octanol–water partition coefficient (Wildman–Crippen LogP) is 2.34. The van der Waals surface area contributed by atoms with Crippen molar-refractivity contribution in [3.05, 3.63) is 23.3 Å². The quantitative estimate of drug-likeness (QED) is 0.755. The third kappa shape index (κ3) is 2.02. The average molecular weight is 402 g/mol. The predicted molar refractivity (Wildman–Crippen MR) is 106 cm³/mol. The van der Waals surface area contributed by atoms with Gasteiger partial charge in [0, 0.05) is 38.8 Å². The first kappa shape index (κ1) is 18.4. The van der Waals surface area contributed by atoms with E-state index in [9.17, 15) is 10.2 Å². The third-order valence-corrected chi connectivity index (χ3v) is 8.99. The van der Waals surface area contributed by atoms with Crippen LogP contribution in [0.1, 0.15) is 49.7 Å². The molecule has 4 atom stereocenters. The summed E-state index contributed by atoms with van der Waals surface area (Å²) in [5.41, 5.74) is 0.672. The fourth-order valence-corrected chi connectivity index (χ4v) is 7.32. The van der Waals surface area contributed by atoms with E-state index in [-0.39, 0.29) is 11.8 Å². The smallest absolute Gasteiger partial charge is 0.206 e. The molecule has 2 N–H and O–H groups in total. The van der Waals surface area contributed by atoms with E-state index in [1.54, 1.807) is 20.3 Å². The van der Waals surface area contributed by atoms with E-state index in [4.69, 9.17) is 14.2 Å². The Bertz CT molecular complexity index is 850. The second kappa shape index (κ2) is 5.88. The Labute approximate surface area is 171 Å². The number of methoxy groups -OCH3 is 2. The van der Waals surface area contributed by atoms with Crippen molar-refractivity contribution in [1.82, 2.24) is 4.90 Å². The summed E-state index contributed by atoms with van der Waals surface area (Å²) in [5.74, 6) is 0.511. The highest BCUT2D eigenvalue weighted by molar-refractivity contribution is 5.62. The van der Waals surface area contributed by atoms with E-state index >= 15 is 0 Å². The highest BCUT2D eigenvalue weighted by atomic mass is 16.7. The molecule has 0 aromatic heterocycles. The van der Waals surface area contributed by atoms with Gasteiger partial charge in [-0.05, 0) is 56.2 Å². The fourth-order valence-electron chi connectivity index (χ4n) is 7.32. The zero-order chi connectivity index (χ0) is 20.0. The Balaban J connectivity index is 1.53. The van der Waals surface area contributed by atoms with E-state index in [1.165, 1.54) is 24.8 Å². The number of phenolic OH excluding ortho intramolecular Hbond substituents is 1. The standard InChI is InChI=1S/C23H31NO5/c1-27-23(28-2)9-8-22(26)17-12-15-6-7-16(25)19-18(15)21(22,20(23)29-19)10-11-24(17)13-14-4-3-5-14/h6-7,14,17,20,25-26H,3-5,8-13H2,1-2H3/t17-,20-,21?,22-/m1/s1. The first-order valence-electron chi connectivity index (χ1n) is 11.1. The lowest BCUT2D eigenvalue weighted by Crippen LogP contribution is -2.79. The molecule has 1 spiro atoms. The number of rotatable bonds is 4. The van der Waals surface area contributed by atoms with Gasteiger partial charge in [-0.25, -0.2) is 0 Å². The van der Waals surface area contributed by atoms with Crippen molar-refractivity contribution in [3.63, 3.8) is 0 Å². The zero-order valence-electron chi connectivity index (χ0n) is 17.3. The highest BCUT2D eigenvalue weighted by Gasteiger charge is 2.76. The Kier molecular flexibility index (Phi) is 3.73. The molecule has 2 heterocycles. The van der Waals surface area contributed by atoms with Crippen LogP contribution in [-0.2, 0) is 21.3 Å². The molecule has 3 aliphatic carbocycles. The molecule has 158 valence electrons. The Hall–Kier alpha value is -1.34. The van der Waals surface area contributed by atoms with Crippen LogP contribution in [0.15, 0.2) is 12.1 Å². The van der Waals surface area contributed by atoms with Crippen LogP contribution in [0, 0.1) is 5.92 Å². The number of aliphatic hydroxyl groups is 1. The van der Waals surface area contributed by atoms with E-state index < -0.39 is 22.9 Å². The SMILES string of the molecule is COC1(OC)CC[C@@]2(O)[C@H]3Cc4ccc(O)c5c4C2(CCN3CC2CCC2)[C@H]1O5. The van der Waals surface area contributed by atoms with Crippen LogP contribution >= 0.6 is 0 Å². The van der Waals surface area contributed by atoms with Gasteiger partial charge < -0.3 is 24.4 Å². The van der Waals surface area contributed by atoms with Crippen molar-refractivity contribution < 1.29 is 24.4 Å². The second-order valence-corrected chi connectivity index (χ2v) is 9.82. The molecule has 2 aliphatic heterocycles. The molecule has 1 aromatic carbocycles. The van der Waals surface area contributed by atoms with Crippen LogP contribution in [0.2, 0.25) is 0 Å². The summed E-state index contributed by atoms with van der Waals surface area (Å²) in [6.45, 7) is 2.01. The van der Waals surface area contributed by atoms with Crippen molar-refractivity contribution in [2.24, 2.45) is 5.92 Å². The molecule has 29 heavy (non-hydrogen) atoms. The monoisotopic (exact) mass is 401 g/mol.